The first-order valence-electron chi connectivity index (χ1n) is 8.02. The predicted molar refractivity (Wildman–Crippen MR) is 80.8 cm³/mol. The van der Waals surface area contributed by atoms with Crippen molar-refractivity contribution in [3.63, 3.8) is 0 Å². The molecule has 20 heavy (non-hydrogen) atoms. The molecule has 2 atom stereocenters. The molecule has 0 amide bonds. The van der Waals surface area contributed by atoms with Gasteiger partial charge in [-0.2, -0.15) is 0 Å². The van der Waals surface area contributed by atoms with Crippen molar-refractivity contribution in [2.75, 3.05) is 13.7 Å². The van der Waals surface area contributed by atoms with Gasteiger partial charge in [-0.05, 0) is 85.4 Å². The minimum Gasteiger partial charge on any atom is -0.497 e. The fraction of sp³-hybridized carbons (Fsp3) is 0.667. The Balaban J connectivity index is 1.72. The number of ether oxygens (including phenoxy) is 1. The van der Waals surface area contributed by atoms with Crippen LogP contribution in [0.5, 0.6) is 5.75 Å². The van der Waals surface area contributed by atoms with Crippen LogP contribution in [0.15, 0.2) is 24.3 Å². The molecule has 0 heterocycles. The van der Waals surface area contributed by atoms with Crippen LogP contribution >= 0.6 is 0 Å². The molecular weight excluding hydrogens is 246 g/mol. The summed E-state index contributed by atoms with van der Waals surface area (Å²) in [6.07, 6.45) is 8.32. The number of nitrogens with two attached hydrogens (primary N) is 1. The van der Waals surface area contributed by atoms with E-state index in [0.717, 1.165) is 24.1 Å². The summed E-state index contributed by atoms with van der Waals surface area (Å²) in [6, 6.07) is 8.86. The molecule has 0 spiro atoms. The van der Waals surface area contributed by atoms with E-state index in [0.29, 0.717) is 10.8 Å². The maximum Gasteiger partial charge on any atom is 0.118 e. The zero-order valence-corrected chi connectivity index (χ0v) is 12.4. The first-order valence-corrected chi connectivity index (χ1v) is 8.02. The molecule has 0 aromatic heterocycles. The standard InChI is InChI=1S/C18H25NO/c1-20-16-4-2-15(3-5-16)18-9-13-6-14(10-18)8-17(7-13,11-18)12-19/h2-5,13-14H,6-12,19H2,1H3. The molecule has 5 rings (SSSR count). The lowest BCUT2D eigenvalue weighted by Crippen LogP contribution is -2.56. The highest BCUT2D eigenvalue weighted by molar-refractivity contribution is 5.35. The molecule has 0 saturated heterocycles. The first-order chi connectivity index (χ1) is 9.67. The third-order valence-electron chi connectivity index (χ3n) is 6.32. The van der Waals surface area contributed by atoms with Gasteiger partial charge in [0.1, 0.15) is 5.75 Å². The molecule has 2 unspecified atom stereocenters. The van der Waals surface area contributed by atoms with Crippen LogP contribution in [0.3, 0.4) is 0 Å². The first kappa shape index (κ1) is 12.7. The van der Waals surface area contributed by atoms with Crippen molar-refractivity contribution >= 4 is 0 Å². The monoisotopic (exact) mass is 271 g/mol. The van der Waals surface area contributed by atoms with Gasteiger partial charge >= 0.3 is 0 Å². The molecule has 4 aliphatic rings. The quantitative estimate of drug-likeness (QED) is 0.913. The second-order valence-corrected chi connectivity index (χ2v) is 7.67. The van der Waals surface area contributed by atoms with E-state index in [-0.39, 0.29) is 0 Å². The molecule has 0 radical (unpaired) electrons. The Labute approximate surface area is 121 Å². The summed E-state index contributed by atoms with van der Waals surface area (Å²) in [5, 5.41) is 0. The number of hydrogen-bond acceptors (Lipinski definition) is 2. The largest absolute Gasteiger partial charge is 0.497 e. The molecular formula is C18H25NO. The van der Waals surface area contributed by atoms with Gasteiger partial charge in [0, 0.05) is 0 Å². The lowest BCUT2D eigenvalue weighted by molar-refractivity contribution is -0.0667. The second kappa shape index (κ2) is 4.24. The fourth-order valence-electron chi connectivity index (χ4n) is 5.97. The molecule has 2 heteroatoms. The van der Waals surface area contributed by atoms with Crippen LogP contribution in [0.1, 0.15) is 44.1 Å². The molecule has 4 bridgehead atoms. The van der Waals surface area contributed by atoms with Gasteiger partial charge in [0.05, 0.1) is 7.11 Å². The third kappa shape index (κ3) is 1.74. The fourth-order valence-corrected chi connectivity index (χ4v) is 5.97. The Bertz CT molecular complexity index is 493. The minimum atomic E-state index is 0.412. The topological polar surface area (TPSA) is 35.2 Å². The molecule has 4 aliphatic carbocycles. The van der Waals surface area contributed by atoms with Gasteiger partial charge in [0.25, 0.3) is 0 Å². The van der Waals surface area contributed by atoms with E-state index in [4.69, 9.17) is 10.5 Å². The van der Waals surface area contributed by atoms with Crippen molar-refractivity contribution in [2.24, 2.45) is 23.0 Å². The number of rotatable bonds is 3. The Hall–Kier alpha value is -1.02. The van der Waals surface area contributed by atoms with Crippen LogP contribution in [-0.4, -0.2) is 13.7 Å². The van der Waals surface area contributed by atoms with E-state index in [1.54, 1.807) is 7.11 Å². The van der Waals surface area contributed by atoms with E-state index >= 15 is 0 Å². The normalized spacial score (nSPS) is 41.9. The van der Waals surface area contributed by atoms with Crippen LogP contribution in [0.4, 0.5) is 0 Å². The van der Waals surface area contributed by atoms with Crippen molar-refractivity contribution in [3.8, 4) is 5.75 Å². The van der Waals surface area contributed by atoms with E-state index in [2.05, 4.69) is 24.3 Å². The highest BCUT2D eigenvalue weighted by Crippen LogP contribution is 2.65. The van der Waals surface area contributed by atoms with Gasteiger partial charge in [0.15, 0.2) is 0 Å². The Morgan fingerprint density at radius 2 is 1.75 bits per heavy atom. The zero-order chi connectivity index (χ0) is 13.8. The van der Waals surface area contributed by atoms with Crippen molar-refractivity contribution in [2.45, 2.75) is 43.9 Å². The van der Waals surface area contributed by atoms with Crippen molar-refractivity contribution in [1.29, 1.82) is 0 Å². The molecule has 2 N–H and O–H groups in total. The van der Waals surface area contributed by atoms with Crippen molar-refractivity contribution < 1.29 is 4.74 Å². The van der Waals surface area contributed by atoms with Gasteiger partial charge in [-0.15, -0.1) is 0 Å². The van der Waals surface area contributed by atoms with E-state index < -0.39 is 0 Å². The highest BCUT2D eigenvalue weighted by Gasteiger charge is 2.57. The van der Waals surface area contributed by atoms with Crippen LogP contribution < -0.4 is 10.5 Å². The average molecular weight is 271 g/mol. The summed E-state index contributed by atoms with van der Waals surface area (Å²) in [7, 11) is 1.74. The van der Waals surface area contributed by atoms with Crippen LogP contribution in [0, 0.1) is 17.3 Å². The molecule has 1 aromatic carbocycles. The summed E-state index contributed by atoms with van der Waals surface area (Å²) in [6.45, 7) is 0.887. The third-order valence-corrected chi connectivity index (χ3v) is 6.32. The van der Waals surface area contributed by atoms with Gasteiger partial charge in [-0.1, -0.05) is 12.1 Å². The number of methoxy groups -OCH3 is 1. The zero-order valence-electron chi connectivity index (χ0n) is 12.4. The summed E-state index contributed by atoms with van der Waals surface area (Å²) < 4.78 is 5.31. The number of hydrogen-bond donors (Lipinski definition) is 1. The summed E-state index contributed by atoms with van der Waals surface area (Å²) in [4.78, 5) is 0. The maximum atomic E-state index is 6.19. The highest BCUT2D eigenvalue weighted by atomic mass is 16.5. The van der Waals surface area contributed by atoms with Gasteiger partial charge < -0.3 is 10.5 Å². The number of benzene rings is 1. The molecule has 2 nitrogen and oxygen atoms in total. The lowest BCUT2D eigenvalue weighted by Gasteiger charge is -2.62. The summed E-state index contributed by atoms with van der Waals surface area (Å²) >= 11 is 0. The molecule has 4 fully saturated rings. The average Bonchev–Trinajstić information content (AvgIpc) is 2.46. The Kier molecular flexibility index (Phi) is 2.69. The molecule has 1 aromatic rings. The van der Waals surface area contributed by atoms with Gasteiger partial charge in [0.2, 0.25) is 0 Å². The van der Waals surface area contributed by atoms with E-state index in [1.807, 2.05) is 0 Å². The SMILES string of the molecule is COc1ccc(C23CC4CC(CC(CN)(C4)C2)C3)cc1. The second-order valence-electron chi connectivity index (χ2n) is 7.67. The van der Waals surface area contributed by atoms with E-state index in [9.17, 15) is 0 Å². The lowest BCUT2D eigenvalue weighted by atomic mass is 9.43. The summed E-state index contributed by atoms with van der Waals surface area (Å²) in [5.41, 5.74) is 8.58. The smallest absolute Gasteiger partial charge is 0.118 e. The molecule has 108 valence electrons. The minimum absolute atomic E-state index is 0.412. The van der Waals surface area contributed by atoms with Crippen LogP contribution in [0.2, 0.25) is 0 Å². The van der Waals surface area contributed by atoms with E-state index in [1.165, 1.54) is 44.1 Å². The molecule has 0 aliphatic heterocycles. The summed E-state index contributed by atoms with van der Waals surface area (Å²) in [5.74, 6) is 2.80. The van der Waals surface area contributed by atoms with Crippen molar-refractivity contribution in [1.82, 2.24) is 0 Å². The van der Waals surface area contributed by atoms with Gasteiger partial charge in [-0.3, -0.25) is 0 Å². The van der Waals surface area contributed by atoms with Crippen molar-refractivity contribution in [3.05, 3.63) is 29.8 Å². The maximum absolute atomic E-state index is 6.19. The van der Waals surface area contributed by atoms with Crippen LogP contribution in [-0.2, 0) is 5.41 Å². The molecule has 4 saturated carbocycles. The van der Waals surface area contributed by atoms with Gasteiger partial charge in [-0.25, -0.2) is 0 Å². The Morgan fingerprint density at radius 3 is 2.30 bits per heavy atom. The Morgan fingerprint density at radius 1 is 1.10 bits per heavy atom. The van der Waals surface area contributed by atoms with Crippen LogP contribution in [0.25, 0.3) is 0 Å². The predicted octanol–water partition coefficient (Wildman–Crippen LogP) is 3.49.